The fraction of sp³-hybridized carbons (Fsp3) is 0.656. The Hall–Kier alpha value is -3.71. The van der Waals surface area contributed by atoms with Crippen molar-refractivity contribution in [3.05, 3.63) is 35.9 Å². The lowest BCUT2D eigenvalue weighted by atomic mass is 9.94. The number of halogens is 4. The van der Waals surface area contributed by atoms with E-state index in [-0.39, 0.29) is 37.7 Å². The maximum atomic E-state index is 13.6. The Morgan fingerprint density at radius 2 is 1.30 bits per heavy atom. The highest BCUT2D eigenvalue weighted by atomic mass is 19.3. The van der Waals surface area contributed by atoms with Crippen LogP contribution < -0.4 is 21.3 Å². The molecular weight excluding hydrogens is 674 g/mol. The number of epoxide rings is 1. The van der Waals surface area contributed by atoms with Crippen LogP contribution in [-0.2, 0) is 49.3 Å². The lowest BCUT2D eigenvalue weighted by Gasteiger charge is -2.28. The van der Waals surface area contributed by atoms with Crippen LogP contribution in [0, 0.1) is 5.92 Å². The smallest absolute Gasteiger partial charge is 0.345 e. The Bertz CT molecular complexity index is 1280. The SMILES string of the molecule is CC(C)C[C@H](NC(=O)[C@H](COC(F)F)NC(=O)[C@H](COC(F)F)NC(=O)CN1CCOCC1)C(=O)N[C@@H](Cc1ccccc1)C(=O)[C@@]1(C)CO1. The summed E-state index contributed by atoms with van der Waals surface area (Å²) in [7, 11) is 0. The van der Waals surface area contributed by atoms with Gasteiger partial charge in [-0.05, 0) is 31.2 Å². The van der Waals surface area contributed by atoms with Gasteiger partial charge < -0.3 is 40.2 Å². The quantitative estimate of drug-likeness (QED) is 0.103. The van der Waals surface area contributed by atoms with E-state index in [1.807, 2.05) is 0 Å². The van der Waals surface area contributed by atoms with E-state index in [1.54, 1.807) is 56.0 Å². The molecule has 0 aromatic heterocycles. The molecule has 2 aliphatic heterocycles. The second-order valence-corrected chi connectivity index (χ2v) is 12.6. The third kappa shape index (κ3) is 13.9. The molecule has 1 aromatic carbocycles. The van der Waals surface area contributed by atoms with Gasteiger partial charge in [0.15, 0.2) is 5.78 Å². The summed E-state index contributed by atoms with van der Waals surface area (Å²) in [4.78, 5) is 67.9. The molecule has 4 amide bonds. The number of rotatable bonds is 21. The molecule has 5 atom stereocenters. The first kappa shape index (κ1) is 40.7. The van der Waals surface area contributed by atoms with Gasteiger partial charge in [0.25, 0.3) is 0 Å². The maximum Gasteiger partial charge on any atom is 0.345 e. The van der Waals surface area contributed by atoms with Crippen LogP contribution in [-0.4, -0.2) is 130 Å². The molecule has 2 aliphatic rings. The molecule has 0 spiro atoms. The number of carbonyl (C=O) groups is 5. The molecule has 2 fully saturated rings. The van der Waals surface area contributed by atoms with E-state index in [0.29, 0.717) is 26.3 Å². The molecule has 0 radical (unpaired) electrons. The number of morpholine rings is 1. The van der Waals surface area contributed by atoms with Crippen LogP contribution in [0.25, 0.3) is 0 Å². The van der Waals surface area contributed by atoms with Crippen molar-refractivity contribution in [3.63, 3.8) is 0 Å². The van der Waals surface area contributed by atoms with E-state index in [4.69, 9.17) is 9.47 Å². The van der Waals surface area contributed by atoms with Crippen LogP contribution >= 0.6 is 0 Å². The summed E-state index contributed by atoms with van der Waals surface area (Å²) in [5, 5.41) is 9.52. The van der Waals surface area contributed by atoms with Gasteiger partial charge in [0.2, 0.25) is 23.6 Å². The summed E-state index contributed by atoms with van der Waals surface area (Å²) in [5.41, 5.74) is -0.345. The lowest BCUT2D eigenvalue weighted by Crippen LogP contribution is -2.60. The monoisotopic (exact) mass is 719 g/mol. The average Bonchev–Trinajstić information content (AvgIpc) is 3.82. The minimum atomic E-state index is -3.36. The second kappa shape index (κ2) is 19.6. The summed E-state index contributed by atoms with van der Waals surface area (Å²) >= 11 is 0. The topological polar surface area (TPSA) is 177 Å². The Morgan fingerprint density at radius 3 is 1.82 bits per heavy atom. The molecule has 2 heterocycles. The highest BCUT2D eigenvalue weighted by Crippen LogP contribution is 2.29. The molecule has 2 saturated heterocycles. The van der Waals surface area contributed by atoms with Crippen molar-refractivity contribution >= 4 is 29.4 Å². The number of hydrogen-bond donors (Lipinski definition) is 4. The molecule has 0 saturated carbocycles. The largest absolute Gasteiger partial charge is 0.379 e. The Kier molecular flexibility index (Phi) is 16.0. The van der Waals surface area contributed by atoms with E-state index in [1.165, 1.54) is 0 Å². The summed E-state index contributed by atoms with van der Waals surface area (Å²) in [5.74, 6) is -4.40. The van der Waals surface area contributed by atoms with Crippen molar-refractivity contribution in [2.75, 3.05) is 52.7 Å². The minimum absolute atomic E-state index is 0.0381. The molecular formula is C32H45F4N5O9. The third-order valence-electron chi connectivity index (χ3n) is 7.89. The molecule has 1 aromatic rings. The Morgan fingerprint density at radius 1 is 0.800 bits per heavy atom. The van der Waals surface area contributed by atoms with Gasteiger partial charge in [0, 0.05) is 13.1 Å². The number of amides is 4. The fourth-order valence-electron chi connectivity index (χ4n) is 5.10. The molecule has 14 nitrogen and oxygen atoms in total. The molecule has 0 bridgehead atoms. The van der Waals surface area contributed by atoms with Crippen molar-refractivity contribution < 1.29 is 60.5 Å². The summed E-state index contributed by atoms with van der Waals surface area (Å²) in [6, 6.07) is 2.90. The number of ether oxygens (including phenoxy) is 4. The van der Waals surface area contributed by atoms with Gasteiger partial charge in [-0.1, -0.05) is 44.2 Å². The van der Waals surface area contributed by atoms with Crippen molar-refractivity contribution in [3.8, 4) is 0 Å². The fourth-order valence-corrected chi connectivity index (χ4v) is 5.10. The maximum absolute atomic E-state index is 13.6. The van der Waals surface area contributed by atoms with Crippen molar-refractivity contribution in [2.45, 2.75) is 76.6 Å². The van der Waals surface area contributed by atoms with Gasteiger partial charge in [0.05, 0.1) is 45.6 Å². The Balaban J connectivity index is 1.75. The zero-order valence-corrected chi connectivity index (χ0v) is 28.1. The molecule has 280 valence electrons. The number of carbonyl (C=O) groups excluding carboxylic acids is 5. The van der Waals surface area contributed by atoms with Gasteiger partial charge in [-0.2, -0.15) is 17.6 Å². The Labute approximate surface area is 287 Å². The molecule has 0 aliphatic carbocycles. The second-order valence-electron chi connectivity index (χ2n) is 12.6. The van der Waals surface area contributed by atoms with Crippen LogP contribution in [0.1, 0.15) is 32.8 Å². The number of Topliss-reactive ketones (excluding diaryl/α,β-unsaturated/α-hetero) is 1. The zero-order chi connectivity index (χ0) is 36.8. The number of benzene rings is 1. The highest BCUT2D eigenvalue weighted by Gasteiger charge is 2.50. The first-order chi connectivity index (χ1) is 23.7. The van der Waals surface area contributed by atoms with Gasteiger partial charge >= 0.3 is 13.2 Å². The van der Waals surface area contributed by atoms with E-state index in [9.17, 15) is 41.5 Å². The van der Waals surface area contributed by atoms with Crippen LogP contribution in [0.4, 0.5) is 17.6 Å². The molecule has 50 heavy (non-hydrogen) atoms. The number of hydrogen-bond acceptors (Lipinski definition) is 10. The average molecular weight is 720 g/mol. The number of alkyl halides is 4. The standard InChI is InChI=1S/C32H45F4N5O9/c1-19(2)13-22(27(44)38-21(26(43)32(3)18-50-32)14-20-7-5-4-6-8-20)39-29(46)24(17-49-31(35)36)40-28(45)23(16-48-30(33)34)37-25(42)15-41-9-11-47-12-10-41/h4-8,19,21-24,30-31H,9-18H2,1-3H3,(H,37,42)(H,38,44)(H,39,46)(H,40,45)/t21-,22-,23-,24-,32+/m0/s1. The predicted octanol–water partition coefficient (Wildman–Crippen LogP) is 0.383. The molecule has 18 heteroatoms. The first-order valence-electron chi connectivity index (χ1n) is 16.2. The molecule has 4 N–H and O–H groups in total. The van der Waals surface area contributed by atoms with E-state index >= 15 is 0 Å². The first-order valence-corrected chi connectivity index (χ1v) is 16.2. The van der Waals surface area contributed by atoms with Crippen molar-refractivity contribution in [1.29, 1.82) is 0 Å². The van der Waals surface area contributed by atoms with Gasteiger partial charge in [-0.15, -0.1) is 0 Å². The molecule has 0 unspecified atom stereocenters. The van der Waals surface area contributed by atoms with Crippen molar-refractivity contribution in [2.24, 2.45) is 5.92 Å². The summed E-state index contributed by atoms with van der Waals surface area (Å²) in [6.45, 7) is -2.17. The van der Waals surface area contributed by atoms with Gasteiger partial charge in [-0.25, -0.2) is 0 Å². The minimum Gasteiger partial charge on any atom is -0.379 e. The van der Waals surface area contributed by atoms with Crippen molar-refractivity contribution in [1.82, 2.24) is 26.2 Å². The van der Waals surface area contributed by atoms with Gasteiger partial charge in [0.1, 0.15) is 23.7 Å². The van der Waals surface area contributed by atoms with Crippen LogP contribution in [0.15, 0.2) is 30.3 Å². The predicted molar refractivity (Wildman–Crippen MR) is 168 cm³/mol. The summed E-state index contributed by atoms with van der Waals surface area (Å²) < 4.78 is 71.0. The van der Waals surface area contributed by atoms with Crippen LogP contribution in [0.3, 0.4) is 0 Å². The zero-order valence-electron chi connectivity index (χ0n) is 28.1. The normalized spacial score (nSPS) is 20.1. The molecule has 3 rings (SSSR count). The van der Waals surface area contributed by atoms with Crippen LogP contribution in [0.2, 0.25) is 0 Å². The lowest BCUT2D eigenvalue weighted by molar-refractivity contribution is -0.153. The number of nitrogens with zero attached hydrogens (tertiary/aromatic N) is 1. The third-order valence-corrected chi connectivity index (χ3v) is 7.89. The summed E-state index contributed by atoms with van der Waals surface area (Å²) in [6.07, 6.45) is 0.156. The van der Waals surface area contributed by atoms with Gasteiger partial charge in [-0.3, -0.25) is 28.9 Å². The van der Waals surface area contributed by atoms with E-state index < -0.39 is 79.8 Å². The number of ketones is 1. The highest BCUT2D eigenvalue weighted by molar-refractivity contribution is 5.99. The van der Waals surface area contributed by atoms with E-state index in [2.05, 4.69) is 30.7 Å². The van der Waals surface area contributed by atoms with E-state index in [0.717, 1.165) is 5.56 Å². The number of nitrogens with one attached hydrogen (secondary N) is 4. The van der Waals surface area contributed by atoms with Crippen LogP contribution in [0.5, 0.6) is 0 Å².